The van der Waals surface area contributed by atoms with Gasteiger partial charge in [-0.2, -0.15) is 5.26 Å². The highest BCUT2D eigenvalue weighted by atomic mass is 32.2. The number of carbonyl (C=O) groups is 1. The van der Waals surface area contributed by atoms with Crippen LogP contribution in [-0.2, 0) is 9.84 Å². The van der Waals surface area contributed by atoms with Crippen molar-refractivity contribution >= 4 is 26.9 Å². The second kappa shape index (κ2) is 7.80. The maximum atomic E-state index is 13.2. The van der Waals surface area contributed by atoms with Gasteiger partial charge in [0.05, 0.1) is 17.1 Å². The molecule has 2 aromatic heterocycles. The zero-order valence-electron chi connectivity index (χ0n) is 16.5. The largest absolute Gasteiger partial charge is 0.370 e. The van der Waals surface area contributed by atoms with Gasteiger partial charge in [-0.25, -0.2) is 13.4 Å². The van der Waals surface area contributed by atoms with E-state index >= 15 is 0 Å². The third kappa shape index (κ3) is 3.74. The highest BCUT2D eigenvalue weighted by Gasteiger charge is 2.27. The summed E-state index contributed by atoms with van der Waals surface area (Å²) in [7, 11) is -3.58. The average molecular weight is 423 g/mol. The van der Waals surface area contributed by atoms with Crippen LogP contribution in [0.25, 0.3) is 5.52 Å². The summed E-state index contributed by atoms with van der Waals surface area (Å²) in [5, 5.41) is 8.83. The van der Waals surface area contributed by atoms with Crippen molar-refractivity contribution < 1.29 is 13.2 Å². The third-order valence-electron chi connectivity index (χ3n) is 5.19. The van der Waals surface area contributed by atoms with Crippen LogP contribution < -0.4 is 4.90 Å². The van der Waals surface area contributed by atoms with Gasteiger partial charge < -0.3 is 9.80 Å². The van der Waals surface area contributed by atoms with Crippen molar-refractivity contribution in [2.45, 2.75) is 11.6 Å². The minimum atomic E-state index is -3.58. The van der Waals surface area contributed by atoms with E-state index in [0.29, 0.717) is 30.7 Å². The van der Waals surface area contributed by atoms with Crippen LogP contribution in [-0.4, -0.2) is 61.0 Å². The minimum Gasteiger partial charge on any atom is -0.370 e. The van der Waals surface area contributed by atoms with Crippen molar-refractivity contribution in [3.63, 3.8) is 0 Å². The first-order valence-corrected chi connectivity index (χ1v) is 11.5. The smallest absolute Gasteiger partial charge is 0.274 e. The molecule has 1 aliphatic rings. The van der Waals surface area contributed by atoms with Crippen LogP contribution in [0, 0.1) is 11.3 Å². The van der Waals surface area contributed by atoms with Crippen LogP contribution in [0.3, 0.4) is 0 Å². The zero-order valence-corrected chi connectivity index (χ0v) is 17.3. The number of anilines is 1. The molecule has 4 rings (SSSR count). The number of hydrogen-bond acceptors (Lipinski definition) is 6. The first kappa shape index (κ1) is 19.9. The second-order valence-electron chi connectivity index (χ2n) is 7.26. The molecule has 3 aromatic rings. The van der Waals surface area contributed by atoms with Gasteiger partial charge in [-0.1, -0.05) is 6.07 Å². The van der Waals surface area contributed by atoms with Gasteiger partial charge in [-0.3, -0.25) is 9.20 Å². The van der Waals surface area contributed by atoms with Crippen LogP contribution in [0.5, 0.6) is 0 Å². The van der Waals surface area contributed by atoms with Crippen molar-refractivity contribution in [2.75, 3.05) is 37.3 Å². The van der Waals surface area contributed by atoms with E-state index in [1.807, 2.05) is 12.1 Å². The van der Waals surface area contributed by atoms with Crippen LogP contribution in [0.4, 0.5) is 5.69 Å². The van der Waals surface area contributed by atoms with E-state index in [-0.39, 0.29) is 16.8 Å². The van der Waals surface area contributed by atoms with E-state index in [9.17, 15) is 13.2 Å². The highest BCUT2D eigenvalue weighted by molar-refractivity contribution is 7.90. The van der Waals surface area contributed by atoms with Crippen LogP contribution in [0.15, 0.2) is 53.8 Å². The fraction of sp³-hybridized carbons (Fsp3) is 0.286. The third-order valence-corrected chi connectivity index (χ3v) is 6.15. The van der Waals surface area contributed by atoms with Crippen molar-refractivity contribution in [1.29, 1.82) is 5.26 Å². The van der Waals surface area contributed by atoms with Gasteiger partial charge in [0, 0.05) is 44.3 Å². The second-order valence-corrected chi connectivity index (χ2v) is 9.17. The molecule has 30 heavy (non-hydrogen) atoms. The van der Waals surface area contributed by atoms with Crippen LogP contribution in [0.2, 0.25) is 0 Å². The van der Waals surface area contributed by atoms with Gasteiger partial charge >= 0.3 is 0 Å². The van der Waals surface area contributed by atoms with E-state index in [0.717, 1.165) is 24.9 Å². The van der Waals surface area contributed by atoms with E-state index < -0.39 is 9.84 Å². The number of amides is 1. The lowest BCUT2D eigenvalue weighted by molar-refractivity contribution is 0.0763. The van der Waals surface area contributed by atoms with Gasteiger partial charge in [0.1, 0.15) is 0 Å². The molecule has 0 spiro atoms. The number of benzene rings is 1. The van der Waals surface area contributed by atoms with Gasteiger partial charge in [-0.05, 0) is 42.8 Å². The predicted octanol–water partition coefficient (Wildman–Crippen LogP) is 1.96. The van der Waals surface area contributed by atoms with E-state index in [4.69, 9.17) is 5.26 Å². The lowest BCUT2D eigenvalue weighted by atomic mass is 10.2. The number of rotatable bonds is 3. The number of sulfone groups is 1. The Morgan fingerprint density at radius 1 is 1.07 bits per heavy atom. The maximum Gasteiger partial charge on any atom is 0.274 e. The summed E-state index contributed by atoms with van der Waals surface area (Å²) >= 11 is 0. The molecule has 0 saturated carbocycles. The van der Waals surface area contributed by atoms with E-state index in [1.54, 1.807) is 41.4 Å². The molecule has 1 fully saturated rings. The molecule has 0 radical (unpaired) electrons. The molecule has 0 bridgehead atoms. The molecule has 8 nitrogen and oxygen atoms in total. The Bertz CT molecular complexity index is 1240. The molecular weight excluding hydrogens is 402 g/mol. The Hall–Kier alpha value is -3.38. The molecule has 0 N–H and O–H groups in total. The minimum absolute atomic E-state index is 0.129. The highest BCUT2D eigenvalue weighted by Crippen LogP contribution is 2.21. The lowest BCUT2D eigenvalue weighted by Gasteiger charge is -2.23. The SMILES string of the molecule is CS(=O)(=O)c1nc(C(=O)N2CCCN(c3ccc(C#N)cc3)CC2)c2ccccn12. The fourth-order valence-electron chi connectivity index (χ4n) is 3.70. The lowest BCUT2D eigenvalue weighted by Crippen LogP contribution is -2.35. The first-order chi connectivity index (χ1) is 14.4. The normalized spacial score (nSPS) is 15.1. The first-order valence-electron chi connectivity index (χ1n) is 9.60. The van der Waals surface area contributed by atoms with Crippen LogP contribution >= 0.6 is 0 Å². The number of carbonyl (C=O) groups excluding carboxylic acids is 1. The summed E-state index contributed by atoms with van der Waals surface area (Å²) in [6.45, 7) is 2.49. The summed E-state index contributed by atoms with van der Waals surface area (Å²) in [5.74, 6) is -0.268. The molecule has 0 unspecified atom stereocenters. The summed E-state index contributed by atoms with van der Waals surface area (Å²) in [6, 6.07) is 14.7. The molecule has 1 aliphatic heterocycles. The Morgan fingerprint density at radius 3 is 2.53 bits per heavy atom. The van der Waals surface area contributed by atoms with Gasteiger partial charge in [0.15, 0.2) is 5.69 Å². The number of aromatic nitrogens is 2. The topological polar surface area (TPSA) is 98.8 Å². The molecule has 0 atom stereocenters. The van der Waals surface area contributed by atoms with E-state index in [1.165, 1.54) is 4.40 Å². The number of hydrogen-bond donors (Lipinski definition) is 0. The molecule has 1 aromatic carbocycles. The van der Waals surface area contributed by atoms with Crippen molar-refractivity contribution in [3.05, 3.63) is 59.9 Å². The summed E-state index contributed by atoms with van der Waals surface area (Å²) < 4.78 is 25.7. The number of nitrogens with zero attached hydrogens (tertiary/aromatic N) is 5. The zero-order chi connectivity index (χ0) is 21.3. The quantitative estimate of drug-likeness (QED) is 0.639. The predicted molar refractivity (Wildman–Crippen MR) is 112 cm³/mol. The molecule has 3 heterocycles. The number of nitriles is 1. The number of fused-ring (bicyclic) bond motifs is 1. The Labute approximate surface area is 174 Å². The molecule has 9 heteroatoms. The molecule has 154 valence electrons. The van der Waals surface area contributed by atoms with Gasteiger partial charge in [-0.15, -0.1) is 0 Å². The maximum absolute atomic E-state index is 13.2. The Kier molecular flexibility index (Phi) is 5.18. The van der Waals surface area contributed by atoms with E-state index in [2.05, 4.69) is 16.0 Å². The van der Waals surface area contributed by atoms with Crippen molar-refractivity contribution in [2.24, 2.45) is 0 Å². The number of imidazole rings is 1. The summed E-state index contributed by atoms with van der Waals surface area (Å²) in [4.78, 5) is 21.3. The molecular formula is C21H21N5O3S. The van der Waals surface area contributed by atoms with Gasteiger partial charge in [0.25, 0.3) is 5.91 Å². The summed E-state index contributed by atoms with van der Waals surface area (Å²) in [6.07, 6.45) is 3.46. The number of pyridine rings is 1. The standard InChI is InChI=1S/C21H21N5O3S/c1-30(28,29)21-23-19(18-5-2-3-12-26(18)21)20(27)25-11-4-10-24(13-14-25)17-8-6-16(15-22)7-9-17/h2-3,5-9,12H,4,10-11,13-14H2,1H3. The van der Waals surface area contributed by atoms with Gasteiger partial charge in [0.2, 0.25) is 15.0 Å². The van der Waals surface area contributed by atoms with Crippen molar-refractivity contribution in [3.8, 4) is 6.07 Å². The fourth-order valence-corrected chi connectivity index (χ4v) is 4.48. The molecule has 0 aliphatic carbocycles. The monoisotopic (exact) mass is 423 g/mol. The summed E-state index contributed by atoms with van der Waals surface area (Å²) in [5.41, 5.74) is 2.26. The Morgan fingerprint density at radius 2 is 1.83 bits per heavy atom. The average Bonchev–Trinajstić information content (AvgIpc) is 2.97. The van der Waals surface area contributed by atoms with Crippen LogP contribution in [0.1, 0.15) is 22.5 Å². The Balaban J connectivity index is 1.58. The molecule has 1 amide bonds. The van der Waals surface area contributed by atoms with Crippen molar-refractivity contribution in [1.82, 2.24) is 14.3 Å². The molecule has 1 saturated heterocycles.